The summed E-state index contributed by atoms with van der Waals surface area (Å²) in [7, 11) is 3.91. The molecule has 1 aromatic carbocycles. The highest BCUT2D eigenvalue weighted by Gasteiger charge is 2.10. The van der Waals surface area contributed by atoms with Gasteiger partial charge in [0.05, 0.1) is 19.8 Å². The quantitative estimate of drug-likeness (QED) is 0.624. The van der Waals surface area contributed by atoms with Crippen LogP contribution in [0.5, 0.6) is 0 Å². The van der Waals surface area contributed by atoms with Crippen LogP contribution in [0.25, 0.3) is 0 Å². The summed E-state index contributed by atoms with van der Waals surface area (Å²) in [5, 5.41) is 20.6. The van der Waals surface area contributed by atoms with E-state index in [-0.39, 0.29) is 25.7 Å². The summed E-state index contributed by atoms with van der Waals surface area (Å²) in [6.45, 7) is 0.813. The Bertz CT molecular complexity index is 401. The second kappa shape index (κ2) is 8.52. The van der Waals surface area contributed by atoms with Gasteiger partial charge in [0.1, 0.15) is 0 Å². The summed E-state index contributed by atoms with van der Waals surface area (Å²) in [5.41, 5.74) is 1.79. The van der Waals surface area contributed by atoms with Crippen LogP contribution >= 0.6 is 0 Å². The number of anilines is 2. The van der Waals surface area contributed by atoms with Crippen molar-refractivity contribution < 1.29 is 15.0 Å². The number of aliphatic hydroxyl groups excluding tert-OH is 2. The highest BCUT2D eigenvalue weighted by atomic mass is 16.3. The van der Waals surface area contributed by atoms with Crippen molar-refractivity contribution in [1.29, 1.82) is 0 Å². The van der Waals surface area contributed by atoms with Crippen LogP contribution in [0.4, 0.5) is 11.4 Å². The SMILES string of the molecule is CN(C)c1ccc(NC(=O)CN(CCO)CCO)cc1. The van der Waals surface area contributed by atoms with Crippen LogP contribution in [0.2, 0.25) is 0 Å². The minimum atomic E-state index is -0.162. The zero-order valence-corrected chi connectivity index (χ0v) is 12.0. The van der Waals surface area contributed by atoms with Gasteiger partial charge < -0.3 is 20.4 Å². The molecular formula is C14H23N3O3. The lowest BCUT2D eigenvalue weighted by atomic mass is 10.2. The van der Waals surface area contributed by atoms with Crippen molar-refractivity contribution in [2.24, 2.45) is 0 Å². The molecular weight excluding hydrogens is 258 g/mol. The van der Waals surface area contributed by atoms with E-state index in [1.807, 2.05) is 43.3 Å². The third kappa shape index (κ3) is 5.56. The molecule has 6 nitrogen and oxygen atoms in total. The molecule has 0 aliphatic heterocycles. The number of aliphatic hydroxyl groups is 2. The van der Waals surface area contributed by atoms with Crippen molar-refractivity contribution in [3.05, 3.63) is 24.3 Å². The predicted molar refractivity (Wildman–Crippen MR) is 80.0 cm³/mol. The predicted octanol–water partition coefficient (Wildman–Crippen LogP) is -0.0223. The lowest BCUT2D eigenvalue weighted by Gasteiger charge is -2.19. The van der Waals surface area contributed by atoms with Crippen LogP contribution in [0.1, 0.15) is 0 Å². The molecule has 112 valence electrons. The first kappa shape index (κ1) is 16.4. The van der Waals surface area contributed by atoms with E-state index in [2.05, 4.69) is 5.32 Å². The fraction of sp³-hybridized carbons (Fsp3) is 0.500. The number of benzene rings is 1. The molecule has 0 heterocycles. The lowest BCUT2D eigenvalue weighted by Crippen LogP contribution is -2.37. The number of nitrogens with zero attached hydrogens (tertiary/aromatic N) is 2. The highest BCUT2D eigenvalue weighted by molar-refractivity contribution is 5.92. The highest BCUT2D eigenvalue weighted by Crippen LogP contribution is 2.15. The summed E-state index contributed by atoms with van der Waals surface area (Å²) >= 11 is 0. The molecule has 3 N–H and O–H groups in total. The number of nitrogens with one attached hydrogen (secondary N) is 1. The van der Waals surface area contributed by atoms with Crippen molar-refractivity contribution in [2.75, 3.05) is 57.2 Å². The molecule has 1 rings (SSSR count). The maximum atomic E-state index is 11.9. The smallest absolute Gasteiger partial charge is 0.238 e. The number of carbonyl (C=O) groups excluding carboxylic acids is 1. The number of carbonyl (C=O) groups is 1. The van der Waals surface area contributed by atoms with Crippen LogP contribution in [0.3, 0.4) is 0 Å². The fourth-order valence-electron chi connectivity index (χ4n) is 1.80. The number of hydrogen-bond donors (Lipinski definition) is 3. The lowest BCUT2D eigenvalue weighted by molar-refractivity contribution is -0.117. The monoisotopic (exact) mass is 281 g/mol. The Hall–Kier alpha value is -1.63. The van der Waals surface area contributed by atoms with Gasteiger partial charge in [-0.25, -0.2) is 0 Å². The Labute approximate surface area is 119 Å². The van der Waals surface area contributed by atoms with Gasteiger partial charge in [0.15, 0.2) is 0 Å². The fourth-order valence-corrected chi connectivity index (χ4v) is 1.80. The standard InChI is InChI=1S/C14H23N3O3/c1-16(2)13-5-3-12(4-6-13)15-14(20)11-17(7-9-18)8-10-19/h3-6,18-19H,7-11H2,1-2H3,(H,15,20). The summed E-state index contributed by atoms with van der Waals surface area (Å²) < 4.78 is 0. The largest absolute Gasteiger partial charge is 0.395 e. The minimum absolute atomic E-state index is 0.0369. The van der Waals surface area contributed by atoms with Crippen LogP contribution in [-0.4, -0.2) is 68.0 Å². The zero-order valence-electron chi connectivity index (χ0n) is 12.0. The average Bonchev–Trinajstić information content (AvgIpc) is 2.39. The molecule has 0 spiro atoms. The van der Waals surface area contributed by atoms with Crippen LogP contribution in [0.15, 0.2) is 24.3 Å². The van der Waals surface area contributed by atoms with Gasteiger partial charge in [-0.15, -0.1) is 0 Å². The van der Waals surface area contributed by atoms with Gasteiger partial charge in [-0.05, 0) is 24.3 Å². The molecule has 1 amide bonds. The van der Waals surface area contributed by atoms with E-state index in [0.29, 0.717) is 13.1 Å². The van der Waals surface area contributed by atoms with Gasteiger partial charge in [-0.3, -0.25) is 9.69 Å². The second-order valence-electron chi connectivity index (χ2n) is 4.71. The van der Waals surface area contributed by atoms with Gasteiger partial charge in [0, 0.05) is 38.6 Å². The molecule has 0 aromatic heterocycles. The normalized spacial score (nSPS) is 10.7. The molecule has 0 radical (unpaired) electrons. The Morgan fingerprint density at radius 2 is 1.65 bits per heavy atom. The van der Waals surface area contributed by atoms with Crippen molar-refractivity contribution in [3.63, 3.8) is 0 Å². The van der Waals surface area contributed by atoms with Gasteiger partial charge >= 0.3 is 0 Å². The molecule has 6 heteroatoms. The maximum absolute atomic E-state index is 11.9. The number of amides is 1. The molecule has 20 heavy (non-hydrogen) atoms. The Morgan fingerprint density at radius 1 is 1.10 bits per heavy atom. The zero-order chi connectivity index (χ0) is 15.0. The number of hydrogen-bond acceptors (Lipinski definition) is 5. The molecule has 0 fully saturated rings. The maximum Gasteiger partial charge on any atom is 0.238 e. The van der Waals surface area contributed by atoms with E-state index in [1.54, 1.807) is 4.90 Å². The minimum Gasteiger partial charge on any atom is -0.395 e. The van der Waals surface area contributed by atoms with Crippen LogP contribution < -0.4 is 10.2 Å². The first-order valence-electron chi connectivity index (χ1n) is 6.58. The van der Waals surface area contributed by atoms with Gasteiger partial charge in [-0.2, -0.15) is 0 Å². The topological polar surface area (TPSA) is 76.0 Å². The molecule has 0 aliphatic rings. The van der Waals surface area contributed by atoms with Gasteiger partial charge in [-0.1, -0.05) is 0 Å². The Kier molecular flexibility index (Phi) is 7.00. The van der Waals surface area contributed by atoms with E-state index in [1.165, 1.54) is 0 Å². The van der Waals surface area contributed by atoms with E-state index >= 15 is 0 Å². The first-order chi connectivity index (χ1) is 9.56. The summed E-state index contributed by atoms with van der Waals surface area (Å²) in [5.74, 6) is -0.162. The third-order valence-electron chi connectivity index (χ3n) is 2.87. The first-order valence-corrected chi connectivity index (χ1v) is 6.58. The van der Waals surface area contributed by atoms with Crippen LogP contribution in [-0.2, 0) is 4.79 Å². The molecule has 0 aliphatic carbocycles. The molecule has 0 bridgehead atoms. The summed E-state index contributed by atoms with van der Waals surface area (Å²) in [4.78, 5) is 15.5. The molecule has 0 unspecified atom stereocenters. The van der Waals surface area contributed by atoms with Crippen LogP contribution in [0, 0.1) is 0 Å². The Morgan fingerprint density at radius 3 is 2.10 bits per heavy atom. The molecule has 0 atom stereocenters. The van der Waals surface area contributed by atoms with Gasteiger partial charge in [0.2, 0.25) is 5.91 Å². The Balaban J connectivity index is 2.52. The van der Waals surface area contributed by atoms with Crippen molar-refractivity contribution in [3.8, 4) is 0 Å². The summed E-state index contributed by atoms with van der Waals surface area (Å²) in [6.07, 6.45) is 0. The average molecular weight is 281 g/mol. The molecule has 0 saturated heterocycles. The van der Waals surface area contributed by atoms with E-state index in [9.17, 15) is 4.79 Å². The molecule has 1 aromatic rings. The summed E-state index contributed by atoms with van der Waals surface area (Å²) in [6, 6.07) is 7.54. The van der Waals surface area contributed by atoms with E-state index in [0.717, 1.165) is 11.4 Å². The second-order valence-corrected chi connectivity index (χ2v) is 4.71. The van der Waals surface area contributed by atoms with Crippen molar-refractivity contribution >= 4 is 17.3 Å². The van der Waals surface area contributed by atoms with Crippen molar-refractivity contribution in [2.45, 2.75) is 0 Å². The van der Waals surface area contributed by atoms with E-state index < -0.39 is 0 Å². The molecule has 0 saturated carbocycles. The number of rotatable bonds is 8. The third-order valence-corrected chi connectivity index (χ3v) is 2.87. The van der Waals surface area contributed by atoms with E-state index in [4.69, 9.17) is 10.2 Å². The van der Waals surface area contributed by atoms with Gasteiger partial charge in [0.25, 0.3) is 0 Å². The van der Waals surface area contributed by atoms with Crippen molar-refractivity contribution in [1.82, 2.24) is 4.90 Å².